The van der Waals surface area contributed by atoms with Crippen LogP contribution in [0, 0.1) is 5.92 Å². The zero-order valence-corrected chi connectivity index (χ0v) is 14.4. The zero-order chi connectivity index (χ0) is 18.2. The highest BCUT2D eigenvalue weighted by Crippen LogP contribution is 2.44. The second kappa shape index (κ2) is 6.76. The van der Waals surface area contributed by atoms with E-state index in [1.165, 1.54) is 24.2 Å². The lowest BCUT2D eigenvalue weighted by molar-refractivity contribution is -0.159. The molecule has 1 aromatic carbocycles. The summed E-state index contributed by atoms with van der Waals surface area (Å²) >= 11 is 5.98. The van der Waals surface area contributed by atoms with Gasteiger partial charge in [-0.3, -0.25) is 5.10 Å². The number of aliphatic hydroxyl groups is 1. The molecule has 1 atom stereocenters. The van der Waals surface area contributed by atoms with E-state index in [1.807, 2.05) is 0 Å². The van der Waals surface area contributed by atoms with Crippen LogP contribution in [0.15, 0.2) is 18.3 Å². The SMILES string of the molecule is CNC(=O)N1CCC(C(F)(F)C(O)c2cc(Cl)cc3[nH]ncc23)CC1. The van der Waals surface area contributed by atoms with E-state index in [9.17, 15) is 18.7 Å². The number of H-pyrrole nitrogens is 1. The van der Waals surface area contributed by atoms with E-state index in [1.54, 1.807) is 6.07 Å². The van der Waals surface area contributed by atoms with Crippen LogP contribution < -0.4 is 5.32 Å². The number of nitrogens with zero attached hydrogens (tertiary/aromatic N) is 2. The topological polar surface area (TPSA) is 81.3 Å². The number of carbonyl (C=O) groups excluding carboxylic acids is 1. The first-order valence-electron chi connectivity index (χ1n) is 7.99. The second-order valence-corrected chi connectivity index (χ2v) is 6.66. The number of fused-ring (bicyclic) bond motifs is 1. The smallest absolute Gasteiger partial charge is 0.317 e. The molecule has 136 valence electrons. The predicted octanol–water partition coefficient (Wildman–Crippen LogP) is 2.94. The zero-order valence-electron chi connectivity index (χ0n) is 13.6. The fraction of sp³-hybridized carbons (Fsp3) is 0.500. The van der Waals surface area contributed by atoms with E-state index >= 15 is 0 Å². The van der Waals surface area contributed by atoms with Crippen LogP contribution in [0.1, 0.15) is 24.5 Å². The number of amides is 2. The van der Waals surface area contributed by atoms with Crippen molar-refractivity contribution in [1.29, 1.82) is 0 Å². The van der Waals surface area contributed by atoms with Crippen LogP contribution in [0.2, 0.25) is 5.02 Å². The monoisotopic (exact) mass is 372 g/mol. The van der Waals surface area contributed by atoms with Gasteiger partial charge < -0.3 is 15.3 Å². The summed E-state index contributed by atoms with van der Waals surface area (Å²) in [5, 5.41) is 20.1. The second-order valence-electron chi connectivity index (χ2n) is 6.22. The van der Waals surface area contributed by atoms with Crippen molar-refractivity contribution in [2.45, 2.75) is 24.9 Å². The van der Waals surface area contributed by atoms with Gasteiger partial charge in [0, 0.05) is 36.5 Å². The molecule has 0 saturated carbocycles. The Hall–Kier alpha value is -1.93. The van der Waals surface area contributed by atoms with Gasteiger partial charge in [0.2, 0.25) is 0 Å². The third-order valence-corrected chi connectivity index (χ3v) is 4.97. The van der Waals surface area contributed by atoms with Crippen molar-refractivity contribution in [1.82, 2.24) is 20.4 Å². The number of rotatable bonds is 3. The van der Waals surface area contributed by atoms with Gasteiger partial charge in [-0.1, -0.05) is 11.6 Å². The highest BCUT2D eigenvalue weighted by molar-refractivity contribution is 6.31. The van der Waals surface area contributed by atoms with Crippen molar-refractivity contribution >= 4 is 28.5 Å². The van der Waals surface area contributed by atoms with Gasteiger partial charge in [-0.05, 0) is 30.5 Å². The highest BCUT2D eigenvalue weighted by atomic mass is 35.5. The van der Waals surface area contributed by atoms with Crippen LogP contribution in [0.3, 0.4) is 0 Å². The maximum absolute atomic E-state index is 14.9. The van der Waals surface area contributed by atoms with Gasteiger partial charge in [-0.2, -0.15) is 5.10 Å². The molecule has 0 spiro atoms. The molecule has 1 aliphatic heterocycles. The Morgan fingerprint density at radius 3 is 2.80 bits per heavy atom. The van der Waals surface area contributed by atoms with Gasteiger partial charge in [0.1, 0.15) is 6.10 Å². The third kappa shape index (κ3) is 3.28. The minimum Gasteiger partial charge on any atom is -0.382 e. The molecule has 2 aromatic rings. The molecule has 0 radical (unpaired) electrons. The molecular weight excluding hydrogens is 354 g/mol. The minimum atomic E-state index is -3.34. The van der Waals surface area contributed by atoms with E-state index in [2.05, 4.69) is 15.5 Å². The Labute approximate surface area is 148 Å². The number of likely N-dealkylation sites (tertiary alicyclic amines) is 1. The molecule has 1 fully saturated rings. The molecule has 2 heterocycles. The number of benzene rings is 1. The lowest BCUT2D eigenvalue weighted by Crippen LogP contribution is -2.47. The first-order valence-corrected chi connectivity index (χ1v) is 8.37. The number of aliphatic hydroxyl groups excluding tert-OH is 1. The van der Waals surface area contributed by atoms with Gasteiger partial charge in [-0.15, -0.1) is 0 Å². The molecule has 2 amide bonds. The molecule has 1 aromatic heterocycles. The van der Waals surface area contributed by atoms with Crippen LogP contribution >= 0.6 is 11.6 Å². The van der Waals surface area contributed by atoms with Crippen molar-refractivity contribution in [3.05, 3.63) is 28.9 Å². The predicted molar refractivity (Wildman–Crippen MR) is 89.8 cm³/mol. The molecule has 1 saturated heterocycles. The average molecular weight is 373 g/mol. The summed E-state index contributed by atoms with van der Waals surface area (Å²) in [5.74, 6) is -4.37. The van der Waals surface area contributed by atoms with Crippen molar-refractivity contribution < 1.29 is 18.7 Å². The normalized spacial score (nSPS) is 17.7. The Balaban J connectivity index is 1.82. The number of carbonyl (C=O) groups is 1. The van der Waals surface area contributed by atoms with Crippen molar-refractivity contribution in [3.63, 3.8) is 0 Å². The average Bonchev–Trinajstić information content (AvgIpc) is 3.08. The van der Waals surface area contributed by atoms with Crippen LogP contribution in [0.25, 0.3) is 10.9 Å². The molecule has 1 aliphatic rings. The van der Waals surface area contributed by atoms with E-state index in [4.69, 9.17) is 11.6 Å². The Kier molecular flexibility index (Phi) is 4.83. The fourth-order valence-corrected chi connectivity index (χ4v) is 3.55. The molecule has 9 heteroatoms. The molecule has 25 heavy (non-hydrogen) atoms. The molecule has 6 nitrogen and oxygen atoms in total. The first kappa shape index (κ1) is 17.9. The summed E-state index contributed by atoms with van der Waals surface area (Å²) in [6.45, 7) is 0.451. The standard InChI is InChI=1S/C16H19ClF2N4O2/c1-20-15(25)23-4-2-9(3-5-23)16(18,19)14(24)11-6-10(17)7-13-12(11)8-21-22-13/h6-9,14,24H,2-5H2,1H3,(H,20,25)(H,21,22). The summed E-state index contributed by atoms with van der Waals surface area (Å²) < 4.78 is 29.8. The molecule has 3 rings (SSSR count). The Bertz CT molecular complexity index is 775. The maximum atomic E-state index is 14.9. The van der Waals surface area contributed by atoms with Crippen LogP contribution in [0.4, 0.5) is 13.6 Å². The number of aromatic nitrogens is 2. The van der Waals surface area contributed by atoms with Gasteiger partial charge in [-0.25, -0.2) is 13.6 Å². The number of aromatic amines is 1. The van der Waals surface area contributed by atoms with Gasteiger partial charge in [0.15, 0.2) is 0 Å². The number of hydrogen-bond donors (Lipinski definition) is 3. The van der Waals surface area contributed by atoms with Crippen LogP contribution in [-0.4, -0.2) is 52.3 Å². The lowest BCUT2D eigenvalue weighted by atomic mass is 9.84. The van der Waals surface area contributed by atoms with Crippen molar-refractivity contribution in [2.24, 2.45) is 5.92 Å². The van der Waals surface area contributed by atoms with Crippen LogP contribution in [0.5, 0.6) is 0 Å². The molecular formula is C16H19ClF2N4O2. The third-order valence-electron chi connectivity index (χ3n) is 4.75. The number of halogens is 3. The van der Waals surface area contributed by atoms with Gasteiger partial charge >= 0.3 is 6.03 Å². The summed E-state index contributed by atoms with van der Waals surface area (Å²) in [5.41, 5.74) is 0.543. The molecule has 0 aliphatic carbocycles. The van der Waals surface area contributed by atoms with Gasteiger partial charge in [0.25, 0.3) is 5.92 Å². The largest absolute Gasteiger partial charge is 0.382 e. The number of piperidine rings is 1. The Morgan fingerprint density at radius 1 is 1.48 bits per heavy atom. The molecule has 1 unspecified atom stereocenters. The van der Waals surface area contributed by atoms with E-state index in [0.29, 0.717) is 10.9 Å². The lowest BCUT2D eigenvalue weighted by Gasteiger charge is -2.37. The number of hydrogen-bond acceptors (Lipinski definition) is 3. The first-order chi connectivity index (χ1) is 11.8. The minimum absolute atomic E-state index is 0.0509. The van der Waals surface area contributed by atoms with Crippen LogP contribution in [-0.2, 0) is 0 Å². The summed E-state index contributed by atoms with van der Waals surface area (Å²) in [6, 6.07) is 2.63. The van der Waals surface area contributed by atoms with E-state index in [0.717, 1.165) is 0 Å². The van der Waals surface area contributed by atoms with Gasteiger partial charge in [0.05, 0.1) is 11.7 Å². The Morgan fingerprint density at radius 2 is 2.16 bits per heavy atom. The summed E-state index contributed by atoms with van der Waals surface area (Å²) in [7, 11) is 1.50. The summed E-state index contributed by atoms with van der Waals surface area (Å²) in [6.07, 6.45) is -0.365. The summed E-state index contributed by atoms with van der Waals surface area (Å²) in [4.78, 5) is 13.1. The molecule has 3 N–H and O–H groups in total. The van der Waals surface area contributed by atoms with Crippen molar-refractivity contribution in [3.8, 4) is 0 Å². The fourth-order valence-electron chi connectivity index (χ4n) is 3.32. The maximum Gasteiger partial charge on any atom is 0.317 e. The number of urea groups is 1. The van der Waals surface area contributed by atoms with Crippen molar-refractivity contribution in [2.75, 3.05) is 20.1 Å². The number of nitrogens with one attached hydrogen (secondary N) is 2. The molecule has 0 bridgehead atoms. The van der Waals surface area contributed by atoms with E-state index in [-0.39, 0.29) is 42.5 Å². The number of alkyl halides is 2. The quantitative estimate of drug-likeness (QED) is 0.774. The highest BCUT2D eigenvalue weighted by Gasteiger charge is 2.48. The van der Waals surface area contributed by atoms with E-state index < -0.39 is 17.9 Å².